The van der Waals surface area contributed by atoms with Crippen molar-refractivity contribution >= 4 is 12.8 Å². The summed E-state index contributed by atoms with van der Waals surface area (Å²) in [6.07, 6.45) is 3.81. The van der Waals surface area contributed by atoms with E-state index in [2.05, 4.69) is 45.0 Å². The van der Waals surface area contributed by atoms with Crippen LogP contribution in [0.5, 0.6) is 0 Å². The van der Waals surface area contributed by atoms with Crippen molar-refractivity contribution in [1.82, 2.24) is 0 Å². The van der Waals surface area contributed by atoms with Gasteiger partial charge in [0.2, 0.25) is 0 Å². The van der Waals surface area contributed by atoms with Crippen LogP contribution in [0.4, 0.5) is 0 Å². The number of rotatable bonds is 6. The van der Waals surface area contributed by atoms with E-state index in [9.17, 15) is 4.79 Å². The molecule has 1 rings (SSSR count). The molecule has 0 saturated carbocycles. The molecule has 0 aliphatic rings. The molecule has 0 bridgehead atoms. The molecule has 18 heavy (non-hydrogen) atoms. The molecule has 102 valence electrons. The van der Waals surface area contributed by atoms with Crippen LogP contribution in [0.3, 0.4) is 0 Å². The predicted octanol–water partition coefficient (Wildman–Crippen LogP) is 4.28. The molecule has 0 amide bonds. The first-order valence-corrected chi connectivity index (χ1v) is 9.64. The van der Waals surface area contributed by atoms with Gasteiger partial charge in [0.05, 0.1) is 0 Å². The summed E-state index contributed by atoms with van der Waals surface area (Å²) in [4.78, 5) is 11.5. The second-order valence-corrected chi connectivity index (χ2v) is 11.1. The molecule has 0 spiro atoms. The second-order valence-electron chi connectivity index (χ2n) is 5.03. The first-order chi connectivity index (χ1) is 8.49. The zero-order valence-corrected chi connectivity index (χ0v) is 12.9. The van der Waals surface area contributed by atoms with E-state index in [0.717, 1.165) is 24.6 Å². The minimum atomic E-state index is -2.40. The van der Waals surface area contributed by atoms with Crippen LogP contribution >= 0.6 is 6.83 Å². The average Bonchev–Trinajstić information content (AvgIpc) is 2.39. The van der Waals surface area contributed by atoms with E-state index in [1.807, 2.05) is 6.07 Å². The van der Waals surface area contributed by atoms with Gasteiger partial charge in [0.25, 0.3) is 0 Å². The van der Waals surface area contributed by atoms with Gasteiger partial charge in [0.1, 0.15) is 0 Å². The van der Waals surface area contributed by atoms with Crippen LogP contribution in [0.25, 0.3) is 0 Å². The van der Waals surface area contributed by atoms with Crippen LogP contribution < -0.4 is 0 Å². The van der Waals surface area contributed by atoms with Gasteiger partial charge in [0, 0.05) is 0 Å². The zero-order chi connectivity index (χ0) is 13.7. The molecule has 0 heterocycles. The molecule has 1 aromatic rings. The third kappa shape index (κ3) is 3.11. The standard InChI is InChI=1S/C15H25O2P/c1-5-18(6-2,7-3,17-14(4)16)13-15-11-9-8-10-12-15/h8-12H,5-7,13H2,1-4H3. The van der Waals surface area contributed by atoms with Crippen molar-refractivity contribution in [2.24, 2.45) is 0 Å². The fraction of sp³-hybridized carbons (Fsp3) is 0.533. The molecule has 0 aliphatic carbocycles. The number of benzene rings is 1. The number of carbonyl (C=O) groups is 1. The summed E-state index contributed by atoms with van der Waals surface area (Å²) in [7, 11) is 0. The summed E-state index contributed by atoms with van der Waals surface area (Å²) in [5.41, 5.74) is 1.28. The summed E-state index contributed by atoms with van der Waals surface area (Å²) >= 11 is 0. The molecule has 3 heteroatoms. The van der Waals surface area contributed by atoms with Crippen molar-refractivity contribution < 1.29 is 9.32 Å². The predicted molar refractivity (Wildman–Crippen MR) is 80.5 cm³/mol. The van der Waals surface area contributed by atoms with E-state index in [-0.39, 0.29) is 5.97 Å². The van der Waals surface area contributed by atoms with Crippen molar-refractivity contribution in [2.75, 3.05) is 18.5 Å². The number of hydrogen-bond donors (Lipinski definition) is 0. The van der Waals surface area contributed by atoms with Crippen molar-refractivity contribution in [1.29, 1.82) is 0 Å². The molecule has 1 aromatic carbocycles. The van der Waals surface area contributed by atoms with Gasteiger partial charge in [0.15, 0.2) is 0 Å². The van der Waals surface area contributed by atoms with Crippen LogP contribution in [0.15, 0.2) is 30.3 Å². The molecule has 0 aliphatic heterocycles. The topological polar surface area (TPSA) is 26.3 Å². The summed E-state index contributed by atoms with van der Waals surface area (Å²) in [6, 6.07) is 10.4. The van der Waals surface area contributed by atoms with Gasteiger partial charge in [-0.1, -0.05) is 0 Å². The Labute approximate surface area is 111 Å². The molecular formula is C15H25O2P. The zero-order valence-electron chi connectivity index (χ0n) is 12.0. The van der Waals surface area contributed by atoms with Crippen molar-refractivity contribution in [3.63, 3.8) is 0 Å². The number of carbonyl (C=O) groups excluding carboxylic acids is 1. The summed E-state index contributed by atoms with van der Waals surface area (Å²) in [6.45, 7) is 5.62. The van der Waals surface area contributed by atoms with Gasteiger partial charge < -0.3 is 0 Å². The monoisotopic (exact) mass is 268 g/mol. The van der Waals surface area contributed by atoms with Crippen molar-refractivity contribution in [3.8, 4) is 0 Å². The van der Waals surface area contributed by atoms with Crippen LogP contribution in [-0.2, 0) is 15.5 Å². The van der Waals surface area contributed by atoms with Gasteiger partial charge in [-0.05, 0) is 0 Å². The van der Waals surface area contributed by atoms with E-state index < -0.39 is 6.83 Å². The molecule has 0 N–H and O–H groups in total. The Bertz CT molecular complexity index is 385. The maximum atomic E-state index is 11.5. The third-order valence-corrected chi connectivity index (χ3v) is 10.9. The average molecular weight is 268 g/mol. The fourth-order valence-corrected chi connectivity index (χ4v) is 6.97. The van der Waals surface area contributed by atoms with Crippen molar-refractivity contribution in [3.05, 3.63) is 35.9 Å². The van der Waals surface area contributed by atoms with Crippen LogP contribution in [0.1, 0.15) is 33.3 Å². The summed E-state index contributed by atoms with van der Waals surface area (Å²) in [5.74, 6) is -0.130. The van der Waals surface area contributed by atoms with Crippen LogP contribution in [-0.4, -0.2) is 24.5 Å². The Balaban J connectivity index is 3.15. The van der Waals surface area contributed by atoms with E-state index in [0.29, 0.717) is 0 Å². The second kappa shape index (κ2) is 5.84. The molecule has 0 unspecified atom stereocenters. The van der Waals surface area contributed by atoms with Gasteiger partial charge in [-0.2, -0.15) is 0 Å². The van der Waals surface area contributed by atoms with Gasteiger partial charge in [-0.15, -0.1) is 0 Å². The third-order valence-electron chi connectivity index (χ3n) is 4.21. The maximum absolute atomic E-state index is 11.5. The molecule has 0 aromatic heterocycles. The molecular weight excluding hydrogens is 243 g/mol. The Morgan fingerprint density at radius 1 is 1.06 bits per heavy atom. The molecule has 0 atom stereocenters. The normalized spacial score (nSPS) is 13.7. The van der Waals surface area contributed by atoms with E-state index in [1.165, 1.54) is 12.5 Å². The molecule has 0 radical (unpaired) electrons. The van der Waals surface area contributed by atoms with E-state index >= 15 is 0 Å². The Hall–Kier alpha value is -0.880. The van der Waals surface area contributed by atoms with Crippen LogP contribution in [0.2, 0.25) is 0 Å². The Morgan fingerprint density at radius 3 is 1.94 bits per heavy atom. The molecule has 2 nitrogen and oxygen atoms in total. The molecule has 0 fully saturated rings. The quantitative estimate of drug-likeness (QED) is 0.720. The fourth-order valence-electron chi connectivity index (χ4n) is 2.64. The Kier molecular flexibility index (Phi) is 4.92. The SMILES string of the molecule is CCP(CC)(CC)(Cc1ccccc1)OC(C)=O. The van der Waals surface area contributed by atoms with Gasteiger partial charge in [-0.25, -0.2) is 0 Å². The first kappa shape index (κ1) is 15.2. The number of hydrogen-bond acceptors (Lipinski definition) is 2. The first-order valence-electron chi connectivity index (χ1n) is 6.74. The summed E-state index contributed by atoms with van der Waals surface area (Å²) < 4.78 is 5.97. The van der Waals surface area contributed by atoms with Crippen molar-refractivity contribution in [2.45, 2.75) is 33.9 Å². The van der Waals surface area contributed by atoms with Crippen LogP contribution in [0, 0.1) is 0 Å². The summed E-state index contributed by atoms with van der Waals surface area (Å²) in [5, 5.41) is 0. The minimum absolute atomic E-state index is 0.130. The Morgan fingerprint density at radius 2 is 1.56 bits per heavy atom. The van der Waals surface area contributed by atoms with Gasteiger partial charge in [-0.3, -0.25) is 0 Å². The van der Waals surface area contributed by atoms with E-state index in [4.69, 9.17) is 4.52 Å². The molecule has 0 saturated heterocycles. The van der Waals surface area contributed by atoms with Gasteiger partial charge >= 0.3 is 110 Å². The van der Waals surface area contributed by atoms with E-state index in [1.54, 1.807) is 0 Å².